The number of nitrogens with zero attached hydrogens (tertiary/aromatic N) is 3. The third-order valence-electron chi connectivity index (χ3n) is 5.10. The minimum atomic E-state index is -0.118. The summed E-state index contributed by atoms with van der Waals surface area (Å²) in [7, 11) is 3.35. The Morgan fingerprint density at radius 3 is 2.38 bits per heavy atom. The lowest BCUT2D eigenvalue weighted by Gasteiger charge is -2.35. The van der Waals surface area contributed by atoms with Crippen molar-refractivity contribution in [1.29, 1.82) is 0 Å². The molecule has 1 saturated heterocycles. The second kappa shape index (κ2) is 10.2. The topological polar surface area (TPSA) is 53.1 Å². The Balaban J connectivity index is 1.41. The number of carbonyl (C=O) groups is 2. The van der Waals surface area contributed by atoms with Crippen molar-refractivity contribution < 1.29 is 14.3 Å². The van der Waals surface area contributed by atoms with Gasteiger partial charge in [0, 0.05) is 39.8 Å². The SMILES string of the molecule is COc1ccc(CCN2CCN(C(=O)CN(C)C(=O)c3ccc(Br)s3)CC2)cc1. The van der Waals surface area contributed by atoms with E-state index in [1.54, 1.807) is 20.2 Å². The first kappa shape index (κ1) is 21.8. The number of piperazine rings is 1. The summed E-state index contributed by atoms with van der Waals surface area (Å²) in [5.74, 6) is 0.759. The van der Waals surface area contributed by atoms with Crippen molar-refractivity contribution in [3.8, 4) is 5.75 Å². The zero-order valence-electron chi connectivity index (χ0n) is 16.8. The molecule has 2 heterocycles. The quantitative estimate of drug-likeness (QED) is 0.612. The number of halogens is 1. The lowest BCUT2D eigenvalue weighted by atomic mass is 10.1. The van der Waals surface area contributed by atoms with Gasteiger partial charge in [-0.05, 0) is 52.2 Å². The Kier molecular flexibility index (Phi) is 7.69. The van der Waals surface area contributed by atoms with Gasteiger partial charge in [-0.15, -0.1) is 11.3 Å². The molecule has 0 radical (unpaired) electrons. The lowest BCUT2D eigenvalue weighted by Crippen LogP contribution is -2.51. The van der Waals surface area contributed by atoms with Crippen LogP contribution in [-0.4, -0.2) is 79.9 Å². The van der Waals surface area contributed by atoms with E-state index in [4.69, 9.17) is 4.74 Å². The van der Waals surface area contributed by atoms with Crippen molar-refractivity contribution in [1.82, 2.24) is 14.7 Å². The summed E-state index contributed by atoms with van der Waals surface area (Å²) in [5.41, 5.74) is 1.28. The van der Waals surface area contributed by atoms with Crippen molar-refractivity contribution in [3.63, 3.8) is 0 Å². The number of carbonyl (C=O) groups excluding carboxylic acids is 2. The molecule has 0 atom stereocenters. The van der Waals surface area contributed by atoms with E-state index in [1.807, 2.05) is 23.1 Å². The first-order chi connectivity index (χ1) is 14.0. The zero-order valence-corrected chi connectivity index (χ0v) is 19.2. The minimum Gasteiger partial charge on any atom is -0.497 e. The van der Waals surface area contributed by atoms with Gasteiger partial charge in [0.05, 0.1) is 22.3 Å². The number of thiophene rings is 1. The van der Waals surface area contributed by atoms with Crippen LogP contribution >= 0.6 is 27.3 Å². The van der Waals surface area contributed by atoms with Gasteiger partial charge in [0.2, 0.25) is 5.91 Å². The van der Waals surface area contributed by atoms with Gasteiger partial charge in [0.1, 0.15) is 5.75 Å². The highest BCUT2D eigenvalue weighted by Crippen LogP contribution is 2.23. The average molecular weight is 480 g/mol. The van der Waals surface area contributed by atoms with Crippen LogP contribution in [0.4, 0.5) is 0 Å². The van der Waals surface area contributed by atoms with E-state index >= 15 is 0 Å². The van der Waals surface area contributed by atoms with Crippen LogP contribution in [0.5, 0.6) is 5.75 Å². The van der Waals surface area contributed by atoms with Crippen molar-refractivity contribution >= 4 is 39.1 Å². The summed E-state index contributed by atoms with van der Waals surface area (Å²) >= 11 is 4.74. The molecule has 29 heavy (non-hydrogen) atoms. The first-order valence-corrected chi connectivity index (χ1v) is 11.2. The van der Waals surface area contributed by atoms with Crippen molar-refractivity contribution in [2.75, 3.05) is 53.4 Å². The fourth-order valence-corrected chi connectivity index (χ4v) is 4.67. The molecule has 2 aromatic rings. The molecular weight excluding hydrogens is 454 g/mol. The summed E-state index contributed by atoms with van der Waals surface area (Å²) in [5, 5.41) is 0. The molecule has 3 rings (SSSR count). The van der Waals surface area contributed by atoms with Crippen LogP contribution in [0.25, 0.3) is 0 Å². The molecule has 0 bridgehead atoms. The van der Waals surface area contributed by atoms with Gasteiger partial charge in [-0.25, -0.2) is 0 Å². The number of ether oxygens (including phenoxy) is 1. The number of amides is 2. The minimum absolute atomic E-state index is 0.00581. The van der Waals surface area contributed by atoms with Gasteiger partial charge >= 0.3 is 0 Å². The fraction of sp³-hybridized carbons (Fsp3) is 0.429. The standard InChI is InChI=1S/C21H26BrN3O3S/c1-23(21(27)18-7-8-19(22)29-18)15-20(26)25-13-11-24(12-14-25)10-9-16-3-5-17(28-2)6-4-16/h3-8H,9-15H2,1-2H3. The van der Waals surface area contributed by atoms with E-state index < -0.39 is 0 Å². The Morgan fingerprint density at radius 1 is 1.10 bits per heavy atom. The van der Waals surface area contributed by atoms with Crippen LogP contribution in [0, 0.1) is 0 Å². The molecular formula is C21H26BrN3O3S. The predicted octanol–water partition coefficient (Wildman–Crippen LogP) is 2.98. The van der Waals surface area contributed by atoms with Crippen LogP contribution in [0.3, 0.4) is 0 Å². The Morgan fingerprint density at radius 2 is 1.79 bits per heavy atom. The van der Waals surface area contributed by atoms with Crippen LogP contribution in [0.15, 0.2) is 40.2 Å². The second-order valence-corrected chi connectivity index (χ2v) is 9.55. The van der Waals surface area contributed by atoms with E-state index in [-0.39, 0.29) is 18.4 Å². The number of methoxy groups -OCH3 is 1. The van der Waals surface area contributed by atoms with Crippen LogP contribution in [0.2, 0.25) is 0 Å². The molecule has 156 valence electrons. The summed E-state index contributed by atoms with van der Waals surface area (Å²) < 4.78 is 6.10. The maximum absolute atomic E-state index is 12.6. The smallest absolute Gasteiger partial charge is 0.264 e. The highest BCUT2D eigenvalue weighted by Gasteiger charge is 2.24. The molecule has 1 fully saturated rings. The molecule has 0 aliphatic carbocycles. The summed E-state index contributed by atoms with van der Waals surface area (Å²) in [6.07, 6.45) is 0.978. The average Bonchev–Trinajstić information content (AvgIpc) is 3.18. The maximum Gasteiger partial charge on any atom is 0.264 e. The molecule has 8 heteroatoms. The summed E-state index contributed by atoms with van der Waals surface area (Å²) in [6, 6.07) is 11.8. The van der Waals surface area contributed by atoms with Crippen molar-refractivity contribution in [2.45, 2.75) is 6.42 Å². The number of rotatable bonds is 7. The largest absolute Gasteiger partial charge is 0.497 e. The highest BCUT2D eigenvalue weighted by molar-refractivity contribution is 9.11. The van der Waals surface area contributed by atoms with Gasteiger partial charge in [-0.1, -0.05) is 12.1 Å². The Hall–Kier alpha value is -1.90. The van der Waals surface area contributed by atoms with Crippen molar-refractivity contribution in [3.05, 3.63) is 50.6 Å². The van der Waals surface area contributed by atoms with E-state index in [1.165, 1.54) is 21.8 Å². The van der Waals surface area contributed by atoms with Gasteiger partial charge < -0.3 is 14.5 Å². The number of hydrogen-bond donors (Lipinski definition) is 0. The number of hydrogen-bond acceptors (Lipinski definition) is 5. The molecule has 1 aromatic carbocycles. The second-order valence-electron chi connectivity index (χ2n) is 7.09. The molecule has 0 spiro atoms. The zero-order chi connectivity index (χ0) is 20.8. The molecule has 2 amide bonds. The third-order valence-corrected chi connectivity index (χ3v) is 6.72. The molecule has 1 aromatic heterocycles. The summed E-state index contributed by atoms with van der Waals surface area (Å²) in [4.78, 5) is 31.4. The van der Waals surface area contributed by atoms with Crippen LogP contribution in [-0.2, 0) is 11.2 Å². The molecule has 1 aliphatic heterocycles. The maximum atomic E-state index is 12.6. The molecule has 6 nitrogen and oxygen atoms in total. The van der Waals surface area contributed by atoms with E-state index in [9.17, 15) is 9.59 Å². The lowest BCUT2D eigenvalue weighted by molar-refractivity contribution is -0.133. The fourth-order valence-electron chi connectivity index (χ4n) is 3.29. The Labute approximate surface area is 184 Å². The van der Waals surface area contributed by atoms with Crippen molar-refractivity contribution in [2.24, 2.45) is 0 Å². The normalized spacial score (nSPS) is 14.7. The van der Waals surface area contributed by atoms with E-state index in [2.05, 4.69) is 33.0 Å². The Bertz CT molecular complexity index is 832. The summed E-state index contributed by atoms with van der Waals surface area (Å²) in [6.45, 7) is 4.21. The molecule has 0 N–H and O–H groups in total. The predicted molar refractivity (Wildman–Crippen MR) is 119 cm³/mol. The number of benzene rings is 1. The number of likely N-dealkylation sites (N-methyl/N-ethyl adjacent to an activating group) is 1. The monoisotopic (exact) mass is 479 g/mol. The third kappa shape index (κ3) is 6.04. The molecule has 0 saturated carbocycles. The molecule has 1 aliphatic rings. The van der Waals surface area contributed by atoms with E-state index in [0.29, 0.717) is 18.0 Å². The van der Waals surface area contributed by atoms with Gasteiger partial charge in [-0.2, -0.15) is 0 Å². The van der Waals surface area contributed by atoms with Crippen LogP contribution < -0.4 is 4.74 Å². The van der Waals surface area contributed by atoms with Gasteiger partial charge in [0.15, 0.2) is 0 Å². The van der Waals surface area contributed by atoms with Gasteiger partial charge in [0.25, 0.3) is 5.91 Å². The van der Waals surface area contributed by atoms with Gasteiger partial charge in [-0.3, -0.25) is 14.5 Å². The first-order valence-electron chi connectivity index (χ1n) is 9.60. The van der Waals surface area contributed by atoms with Crippen LogP contribution in [0.1, 0.15) is 15.2 Å². The molecule has 0 unspecified atom stereocenters. The highest BCUT2D eigenvalue weighted by atomic mass is 79.9. The van der Waals surface area contributed by atoms with E-state index in [0.717, 1.165) is 35.6 Å².